The van der Waals surface area contributed by atoms with Gasteiger partial charge in [0.15, 0.2) is 6.29 Å². The minimum Gasteiger partial charge on any atom is -0.493 e. The fourth-order valence-electron chi connectivity index (χ4n) is 7.01. The molecule has 8 nitrogen and oxygen atoms in total. The highest BCUT2D eigenvalue weighted by atomic mass is 35.5. The predicted molar refractivity (Wildman–Crippen MR) is 185 cm³/mol. The lowest BCUT2D eigenvalue weighted by Gasteiger charge is -2.48. The number of pyridine rings is 1. The maximum absolute atomic E-state index is 11.8. The first-order valence-corrected chi connectivity index (χ1v) is 16.8. The second-order valence-corrected chi connectivity index (χ2v) is 13.4. The van der Waals surface area contributed by atoms with Gasteiger partial charge in [0.2, 0.25) is 0 Å². The lowest BCUT2D eigenvalue weighted by atomic mass is 9.78. The van der Waals surface area contributed by atoms with E-state index in [9.17, 15) is 9.90 Å². The molecule has 0 bridgehead atoms. The number of aldehydes is 1. The normalized spacial score (nSPS) is 16.7. The SMILES string of the molecule is Cc1c(COc2cc(OCc3cncc(C#N)c3)c(C=O)cc2Cl)cccc1-c1cccc(OCCCN2CC3(CCC(O)C3)C2)c1C. The minimum atomic E-state index is -0.110. The van der Waals surface area contributed by atoms with Crippen LogP contribution < -0.4 is 14.2 Å². The number of aliphatic hydroxyl groups is 1. The molecule has 2 aliphatic rings. The molecule has 1 aliphatic heterocycles. The molecule has 0 radical (unpaired) electrons. The van der Waals surface area contributed by atoms with Crippen LogP contribution >= 0.6 is 11.6 Å². The van der Waals surface area contributed by atoms with Gasteiger partial charge in [0.1, 0.15) is 36.5 Å². The minimum absolute atomic E-state index is 0.110. The lowest BCUT2D eigenvalue weighted by molar-refractivity contribution is -0.00612. The molecule has 1 unspecified atom stereocenters. The first-order valence-electron chi connectivity index (χ1n) is 16.4. The van der Waals surface area contributed by atoms with Gasteiger partial charge < -0.3 is 24.2 Å². The number of halogens is 1. The first kappa shape index (κ1) is 33.5. The van der Waals surface area contributed by atoms with Gasteiger partial charge in [0.05, 0.1) is 28.9 Å². The van der Waals surface area contributed by atoms with E-state index in [1.807, 2.05) is 24.3 Å². The van der Waals surface area contributed by atoms with Gasteiger partial charge in [0, 0.05) is 43.7 Å². The van der Waals surface area contributed by atoms with E-state index in [-0.39, 0.29) is 19.3 Å². The van der Waals surface area contributed by atoms with Gasteiger partial charge in [-0.05, 0) is 91.0 Å². The van der Waals surface area contributed by atoms with Crippen LogP contribution in [-0.2, 0) is 13.2 Å². The molecule has 1 aliphatic carbocycles. The fourth-order valence-corrected chi connectivity index (χ4v) is 7.24. The molecule has 2 fully saturated rings. The Balaban J connectivity index is 1.08. The molecule has 6 rings (SSSR count). The summed E-state index contributed by atoms with van der Waals surface area (Å²) in [6.45, 7) is 8.43. The van der Waals surface area contributed by atoms with E-state index in [4.69, 9.17) is 31.1 Å². The Kier molecular flexibility index (Phi) is 10.3. The molecule has 3 aromatic carbocycles. The van der Waals surface area contributed by atoms with E-state index in [0.717, 1.165) is 78.9 Å². The lowest BCUT2D eigenvalue weighted by Crippen LogP contribution is -2.55. The van der Waals surface area contributed by atoms with Crippen LogP contribution in [0.2, 0.25) is 5.02 Å². The molecular weight excluding hydrogens is 626 g/mol. The van der Waals surface area contributed by atoms with Crippen LogP contribution in [0.15, 0.2) is 67.0 Å². The van der Waals surface area contributed by atoms with E-state index < -0.39 is 0 Å². The zero-order chi connectivity index (χ0) is 33.7. The number of aromatic nitrogens is 1. The molecule has 1 N–H and O–H groups in total. The van der Waals surface area contributed by atoms with Crippen molar-refractivity contribution in [2.45, 2.75) is 58.8 Å². The number of carbonyl (C=O) groups excluding carboxylic acids is 1. The van der Waals surface area contributed by atoms with Crippen LogP contribution in [0.5, 0.6) is 17.2 Å². The van der Waals surface area contributed by atoms with Crippen molar-refractivity contribution in [3.63, 3.8) is 0 Å². The highest BCUT2D eigenvalue weighted by Crippen LogP contribution is 2.45. The van der Waals surface area contributed by atoms with Crippen molar-refractivity contribution in [2.75, 3.05) is 26.2 Å². The number of aliphatic hydroxyl groups excluding tert-OH is 1. The Labute approximate surface area is 286 Å². The molecule has 2 heterocycles. The number of carbonyl (C=O) groups is 1. The number of likely N-dealkylation sites (tertiary alicyclic amines) is 1. The van der Waals surface area contributed by atoms with E-state index in [2.05, 4.69) is 41.9 Å². The molecule has 9 heteroatoms. The van der Waals surface area contributed by atoms with Crippen LogP contribution in [0.3, 0.4) is 0 Å². The Morgan fingerprint density at radius 3 is 2.52 bits per heavy atom. The maximum atomic E-state index is 11.8. The fraction of sp³-hybridized carbons (Fsp3) is 0.359. The Hall–Kier alpha value is -4.42. The summed E-state index contributed by atoms with van der Waals surface area (Å²) in [7, 11) is 0. The van der Waals surface area contributed by atoms with Gasteiger partial charge in [-0.1, -0.05) is 41.9 Å². The van der Waals surface area contributed by atoms with Crippen LogP contribution in [0.25, 0.3) is 11.1 Å². The average Bonchev–Trinajstić information content (AvgIpc) is 3.48. The molecule has 1 saturated carbocycles. The van der Waals surface area contributed by atoms with Crippen LogP contribution in [-0.4, -0.2) is 53.6 Å². The molecule has 1 saturated heterocycles. The summed E-state index contributed by atoms with van der Waals surface area (Å²) in [6, 6.07) is 19.2. The number of rotatable bonds is 13. The molecule has 48 heavy (non-hydrogen) atoms. The van der Waals surface area contributed by atoms with Crippen molar-refractivity contribution < 1.29 is 24.1 Å². The molecule has 0 amide bonds. The zero-order valence-electron chi connectivity index (χ0n) is 27.4. The van der Waals surface area contributed by atoms with Crippen LogP contribution in [0.4, 0.5) is 0 Å². The summed E-state index contributed by atoms with van der Waals surface area (Å²) in [5, 5.41) is 19.4. The third-order valence-corrected chi connectivity index (χ3v) is 9.88. The maximum Gasteiger partial charge on any atom is 0.153 e. The van der Waals surface area contributed by atoms with Crippen molar-refractivity contribution in [2.24, 2.45) is 5.41 Å². The third kappa shape index (κ3) is 7.50. The molecule has 1 atom stereocenters. The number of benzene rings is 3. The number of nitrogens with zero attached hydrogens (tertiary/aromatic N) is 3. The smallest absolute Gasteiger partial charge is 0.153 e. The Morgan fingerprint density at radius 1 is 1.00 bits per heavy atom. The summed E-state index contributed by atoms with van der Waals surface area (Å²) < 4.78 is 18.4. The van der Waals surface area contributed by atoms with Crippen LogP contribution in [0, 0.1) is 30.6 Å². The molecule has 248 valence electrons. The zero-order valence-corrected chi connectivity index (χ0v) is 28.1. The molecule has 1 spiro atoms. The predicted octanol–water partition coefficient (Wildman–Crippen LogP) is 7.48. The molecule has 1 aromatic heterocycles. The second kappa shape index (κ2) is 14.8. The summed E-state index contributed by atoms with van der Waals surface area (Å²) >= 11 is 6.51. The summed E-state index contributed by atoms with van der Waals surface area (Å²) in [5.74, 6) is 1.61. The van der Waals surface area contributed by atoms with E-state index in [1.54, 1.807) is 18.3 Å². The first-order chi connectivity index (χ1) is 23.3. The third-order valence-electron chi connectivity index (χ3n) is 9.58. The van der Waals surface area contributed by atoms with E-state index in [0.29, 0.717) is 51.5 Å². The van der Waals surface area contributed by atoms with E-state index >= 15 is 0 Å². The summed E-state index contributed by atoms with van der Waals surface area (Å²) in [6.07, 6.45) is 7.68. The monoisotopic (exact) mass is 665 g/mol. The number of hydrogen-bond donors (Lipinski definition) is 1. The molecular formula is C39H40ClN3O5. The van der Waals surface area contributed by atoms with Gasteiger partial charge in [-0.25, -0.2) is 0 Å². The number of ether oxygens (including phenoxy) is 3. The Bertz CT molecular complexity index is 1830. The largest absolute Gasteiger partial charge is 0.493 e. The highest BCUT2D eigenvalue weighted by molar-refractivity contribution is 6.32. The average molecular weight is 666 g/mol. The standard InChI is InChI=1S/C39H40ClN3O5/c1-26-30(23-48-38-16-37(31(21-44)15-35(38)40)47-22-29-14-28(18-41)19-42-20-29)6-3-7-33(26)34-8-4-9-36(27(34)2)46-13-5-12-43-24-39(25-43)11-10-32(45)17-39/h3-4,6-9,14-16,19-21,32,45H,5,10-13,17,22-25H2,1-2H3. The van der Waals surface area contributed by atoms with Gasteiger partial charge >= 0.3 is 0 Å². The Morgan fingerprint density at radius 2 is 1.77 bits per heavy atom. The quantitative estimate of drug-likeness (QED) is 0.116. The molecule has 4 aromatic rings. The van der Waals surface area contributed by atoms with Crippen molar-refractivity contribution >= 4 is 17.9 Å². The topological polar surface area (TPSA) is 105 Å². The van der Waals surface area contributed by atoms with Gasteiger partial charge in [-0.2, -0.15) is 5.26 Å². The number of hydrogen-bond acceptors (Lipinski definition) is 8. The van der Waals surface area contributed by atoms with Crippen molar-refractivity contribution in [3.8, 4) is 34.4 Å². The van der Waals surface area contributed by atoms with Crippen molar-refractivity contribution in [3.05, 3.63) is 105 Å². The van der Waals surface area contributed by atoms with Gasteiger partial charge in [-0.15, -0.1) is 0 Å². The van der Waals surface area contributed by atoms with Crippen molar-refractivity contribution in [1.29, 1.82) is 5.26 Å². The van der Waals surface area contributed by atoms with Crippen LogP contribution in [0.1, 0.15) is 63.9 Å². The van der Waals surface area contributed by atoms with Crippen molar-refractivity contribution in [1.82, 2.24) is 9.88 Å². The summed E-state index contributed by atoms with van der Waals surface area (Å²) in [4.78, 5) is 18.3. The van der Waals surface area contributed by atoms with Gasteiger partial charge in [-0.3, -0.25) is 9.78 Å². The summed E-state index contributed by atoms with van der Waals surface area (Å²) in [5.41, 5.74) is 7.17. The number of nitriles is 1. The van der Waals surface area contributed by atoms with E-state index in [1.165, 1.54) is 12.3 Å². The second-order valence-electron chi connectivity index (χ2n) is 13.0. The van der Waals surface area contributed by atoms with Gasteiger partial charge in [0.25, 0.3) is 0 Å². The highest BCUT2D eigenvalue weighted by Gasteiger charge is 2.47.